The van der Waals surface area contributed by atoms with E-state index in [0.717, 1.165) is 30.7 Å². The standard InChI is InChI=1S/C12H20ClN3O2S2/c1-9-11(19-12(13)14-9)20(17,18)16-6-4-10(5-7-16)8-15(2)3/h10H,4-8H2,1-3H3. The molecule has 2 heterocycles. The number of piperidine rings is 1. The lowest BCUT2D eigenvalue weighted by Gasteiger charge is -2.32. The molecule has 1 aliphatic rings. The molecule has 114 valence electrons. The van der Waals surface area contributed by atoms with Crippen LogP contribution in [0.2, 0.25) is 4.47 Å². The van der Waals surface area contributed by atoms with Crippen LogP contribution in [0.4, 0.5) is 0 Å². The van der Waals surface area contributed by atoms with E-state index in [0.29, 0.717) is 24.7 Å². The van der Waals surface area contributed by atoms with Crippen LogP contribution in [0.25, 0.3) is 0 Å². The first-order valence-corrected chi connectivity index (χ1v) is 9.22. The second kappa shape index (κ2) is 6.27. The van der Waals surface area contributed by atoms with E-state index in [2.05, 4.69) is 9.88 Å². The molecule has 1 aliphatic heterocycles. The summed E-state index contributed by atoms with van der Waals surface area (Å²) in [5, 5.41) is 0. The number of sulfonamides is 1. The maximum Gasteiger partial charge on any atom is 0.254 e. The molecule has 1 saturated heterocycles. The summed E-state index contributed by atoms with van der Waals surface area (Å²) < 4.78 is 27.3. The first kappa shape index (κ1) is 16.2. The minimum Gasteiger partial charge on any atom is -0.309 e. The van der Waals surface area contributed by atoms with Crippen molar-refractivity contribution in [2.24, 2.45) is 5.92 Å². The van der Waals surface area contributed by atoms with E-state index in [1.165, 1.54) is 0 Å². The molecule has 0 radical (unpaired) electrons. The molecule has 0 aliphatic carbocycles. The number of halogens is 1. The van der Waals surface area contributed by atoms with Crippen molar-refractivity contribution in [3.05, 3.63) is 10.2 Å². The van der Waals surface area contributed by atoms with E-state index in [9.17, 15) is 8.42 Å². The summed E-state index contributed by atoms with van der Waals surface area (Å²) in [5.74, 6) is 0.572. The highest BCUT2D eigenvalue weighted by Crippen LogP contribution is 2.31. The molecule has 20 heavy (non-hydrogen) atoms. The van der Waals surface area contributed by atoms with Gasteiger partial charge in [0.25, 0.3) is 10.0 Å². The van der Waals surface area contributed by atoms with Crippen LogP contribution in [0.1, 0.15) is 18.5 Å². The number of rotatable bonds is 4. The molecular formula is C12H20ClN3O2S2. The van der Waals surface area contributed by atoms with Crippen LogP contribution >= 0.6 is 22.9 Å². The van der Waals surface area contributed by atoms with Gasteiger partial charge in [0, 0.05) is 19.6 Å². The number of thiazole rings is 1. The Balaban J connectivity index is 2.08. The zero-order valence-corrected chi connectivity index (χ0v) is 14.4. The Hall–Kier alpha value is -0.210. The van der Waals surface area contributed by atoms with Gasteiger partial charge in [-0.15, -0.1) is 0 Å². The summed E-state index contributed by atoms with van der Waals surface area (Å²) in [6, 6.07) is 0. The molecule has 5 nitrogen and oxygen atoms in total. The maximum absolute atomic E-state index is 12.6. The number of nitrogens with zero attached hydrogens (tertiary/aromatic N) is 3. The fourth-order valence-electron chi connectivity index (χ4n) is 2.56. The Kier molecular flexibility index (Phi) is 5.07. The van der Waals surface area contributed by atoms with E-state index < -0.39 is 10.0 Å². The number of aromatic nitrogens is 1. The summed E-state index contributed by atoms with van der Waals surface area (Å²) >= 11 is 6.85. The lowest BCUT2D eigenvalue weighted by molar-refractivity contribution is 0.225. The van der Waals surface area contributed by atoms with Crippen molar-refractivity contribution in [1.29, 1.82) is 0 Å². The van der Waals surface area contributed by atoms with Gasteiger partial charge in [-0.05, 0) is 39.8 Å². The molecule has 0 atom stereocenters. The van der Waals surface area contributed by atoms with Gasteiger partial charge in [0.05, 0.1) is 5.69 Å². The highest BCUT2D eigenvalue weighted by atomic mass is 35.5. The molecule has 0 unspecified atom stereocenters. The molecule has 0 aromatic carbocycles. The SMILES string of the molecule is Cc1nc(Cl)sc1S(=O)(=O)N1CCC(CN(C)C)CC1. The van der Waals surface area contributed by atoms with Crippen LogP contribution in [0.5, 0.6) is 0 Å². The summed E-state index contributed by atoms with van der Waals surface area (Å²) in [4.78, 5) is 6.15. The Labute approximate surface area is 129 Å². The smallest absolute Gasteiger partial charge is 0.254 e. The van der Waals surface area contributed by atoms with Gasteiger partial charge in [0.15, 0.2) is 8.68 Å². The van der Waals surface area contributed by atoms with Gasteiger partial charge < -0.3 is 4.90 Å². The van der Waals surface area contributed by atoms with Gasteiger partial charge in [0.1, 0.15) is 0 Å². The fraction of sp³-hybridized carbons (Fsp3) is 0.750. The van der Waals surface area contributed by atoms with Crippen LogP contribution in [0.3, 0.4) is 0 Å². The van der Waals surface area contributed by atoms with Crippen molar-refractivity contribution in [1.82, 2.24) is 14.2 Å². The average molecular weight is 338 g/mol. The van der Waals surface area contributed by atoms with Gasteiger partial charge in [0.2, 0.25) is 0 Å². The predicted molar refractivity (Wildman–Crippen MR) is 81.9 cm³/mol. The highest BCUT2D eigenvalue weighted by Gasteiger charge is 2.32. The molecule has 1 fully saturated rings. The van der Waals surface area contributed by atoms with Gasteiger partial charge in [-0.1, -0.05) is 22.9 Å². The summed E-state index contributed by atoms with van der Waals surface area (Å²) in [6.45, 7) is 3.86. The van der Waals surface area contributed by atoms with E-state index in [1.54, 1.807) is 11.2 Å². The molecular weight excluding hydrogens is 318 g/mol. The number of hydrogen-bond donors (Lipinski definition) is 0. The number of aryl methyl sites for hydroxylation is 1. The van der Waals surface area contributed by atoms with E-state index in [-0.39, 0.29) is 8.68 Å². The first-order chi connectivity index (χ1) is 9.30. The zero-order chi connectivity index (χ0) is 14.9. The minimum absolute atomic E-state index is 0.281. The Morgan fingerprint density at radius 3 is 2.45 bits per heavy atom. The maximum atomic E-state index is 12.6. The van der Waals surface area contributed by atoms with Crippen molar-refractivity contribution in [2.75, 3.05) is 33.7 Å². The second-order valence-corrected chi connectivity index (χ2v) is 9.16. The topological polar surface area (TPSA) is 53.5 Å². The van der Waals surface area contributed by atoms with Crippen LogP contribution in [0, 0.1) is 12.8 Å². The van der Waals surface area contributed by atoms with Crippen LogP contribution < -0.4 is 0 Å². The molecule has 8 heteroatoms. The Morgan fingerprint density at radius 2 is 2.00 bits per heavy atom. The van der Waals surface area contributed by atoms with Gasteiger partial charge >= 0.3 is 0 Å². The third-order valence-electron chi connectivity index (χ3n) is 3.50. The van der Waals surface area contributed by atoms with Crippen molar-refractivity contribution in [3.63, 3.8) is 0 Å². The van der Waals surface area contributed by atoms with Gasteiger partial charge in [-0.25, -0.2) is 13.4 Å². The Bertz CT molecular complexity index is 563. The predicted octanol–water partition coefficient (Wildman–Crippen LogP) is 2.07. The van der Waals surface area contributed by atoms with Crippen LogP contribution in [-0.4, -0.2) is 56.3 Å². The molecule has 0 spiro atoms. The molecule has 0 amide bonds. The van der Waals surface area contributed by atoms with Gasteiger partial charge in [-0.3, -0.25) is 0 Å². The average Bonchev–Trinajstić information content (AvgIpc) is 2.69. The zero-order valence-electron chi connectivity index (χ0n) is 12.0. The molecule has 0 bridgehead atoms. The summed E-state index contributed by atoms with van der Waals surface area (Å²) in [5.41, 5.74) is 0.496. The third kappa shape index (κ3) is 3.51. The summed E-state index contributed by atoms with van der Waals surface area (Å²) in [7, 11) is 0.662. The molecule has 1 aromatic rings. The second-order valence-electron chi connectivity index (χ2n) is 5.45. The third-order valence-corrected chi connectivity index (χ3v) is 7.25. The lowest BCUT2D eigenvalue weighted by Crippen LogP contribution is -2.40. The molecule has 0 N–H and O–H groups in total. The summed E-state index contributed by atoms with van der Waals surface area (Å²) in [6.07, 6.45) is 1.81. The van der Waals surface area contributed by atoms with Crippen molar-refractivity contribution in [2.45, 2.75) is 24.0 Å². The quantitative estimate of drug-likeness (QED) is 0.844. The molecule has 1 aromatic heterocycles. The lowest BCUT2D eigenvalue weighted by atomic mass is 9.98. The Morgan fingerprint density at radius 1 is 1.40 bits per heavy atom. The molecule has 2 rings (SSSR count). The van der Waals surface area contributed by atoms with E-state index in [1.807, 2.05) is 14.1 Å². The normalized spacial score (nSPS) is 18.9. The highest BCUT2D eigenvalue weighted by molar-refractivity contribution is 7.91. The monoisotopic (exact) mass is 337 g/mol. The van der Waals surface area contributed by atoms with Crippen molar-refractivity contribution in [3.8, 4) is 0 Å². The largest absolute Gasteiger partial charge is 0.309 e. The minimum atomic E-state index is -3.43. The van der Waals surface area contributed by atoms with E-state index in [4.69, 9.17) is 11.6 Å². The van der Waals surface area contributed by atoms with Crippen LogP contribution in [-0.2, 0) is 10.0 Å². The van der Waals surface area contributed by atoms with E-state index >= 15 is 0 Å². The van der Waals surface area contributed by atoms with Crippen molar-refractivity contribution < 1.29 is 8.42 Å². The van der Waals surface area contributed by atoms with Crippen LogP contribution in [0.15, 0.2) is 4.21 Å². The molecule has 0 saturated carbocycles. The fourth-order valence-corrected chi connectivity index (χ4v) is 5.90. The first-order valence-electron chi connectivity index (χ1n) is 6.58. The number of hydrogen-bond acceptors (Lipinski definition) is 5. The van der Waals surface area contributed by atoms with Crippen molar-refractivity contribution >= 4 is 33.0 Å². The van der Waals surface area contributed by atoms with Gasteiger partial charge in [-0.2, -0.15) is 4.31 Å².